The Balaban J connectivity index is 1.81. The first-order valence-electron chi connectivity index (χ1n) is 9.19. The largest absolute Gasteiger partial charge is 0.393 e. The van der Waals surface area contributed by atoms with Crippen molar-refractivity contribution >= 4 is 0 Å². The molecule has 4 heteroatoms. The number of aliphatic hydroxyl groups excluding tert-OH is 1. The van der Waals surface area contributed by atoms with Crippen LogP contribution in [0.4, 0.5) is 0 Å². The summed E-state index contributed by atoms with van der Waals surface area (Å²) in [5.74, 6) is 0. The first-order chi connectivity index (χ1) is 12.5. The Labute approximate surface area is 153 Å². The smallest absolute Gasteiger partial charge is 0.109 e. The summed E-state index contributed by atoms with van der Waals surface area (Å²) in [7, 11) is 0. The predicted molar refractivity (Wildman–Crippen MR) is 102 cm³/mol. The van der Waals surface area contributed by atoms with Crippen molar-refractivity contribution < 1.29 is 10.2 Å². The molecule has 134 valence electrons. The number of aromatic nitrogens is 2. The molecule has 2 aromatic carbocycles. The molecule has 1 aliphatic carbocycles. The van der Waals surface area contributed by atoms with Gasteiger partial charge in [0.05, 0.1) is 23.2 Å². The van der Waals surface area contributed by atoms with Crippen molar-refractivity contribution in [2.45, 2.75) is 44.3 Å². The third-order valence-electron chi connectivity index (χ3n) is 5.32. The topological polar surface area (TPSA) is 58.3 Å². The highest BCUT2D eigenvalue weighted by Crippen LogP contribution is 2.38. The van der Waals surface area contributed by atoms with Crippen LogP contribution in [0.15, 0.2) is 60.7 Å². The van der Waals surface area contributed by atoms with E-state index in [1.807, 2.05) is 41.1 Å². The Morgan fingerprint density at radius 3 is 2.31 bits per heavy atom. The fourth-order valence-corrected chi connectivity index (χ4v) is 3.64. The average molecular weight is 348 g/mol. The fraction of sp³-hybridized carbons (Fsp3) is 0.318. The van der Waals surface area contributed by atoms with Crippen LogP contribution in [0, 0.1) is 6.92 Å². The van der Waals surface area contributed by atoms with E-state index in [0.29, 0.717) is 31.4 Å². The Kier molecular flexibility index (Phi) is 4.39. The molecule has 0 aliphatic heterocycles. The maximum absolute atomic E-state index is 11.1. The zero-order valence-electron chi connectivity index (χ0n) is 15.0. The van der Waals surface area contributed by atoms with E-state index < -0.39 is 5.60 Å². The van der Waals surface area contributed by atoms with Crippen LogP contribution in [0.5, 0.6) is 0 Å². The van der Waals surface area contributed by atoms with Crippen LogP contribution in [0.25, 0.3) is 16.9 Å². The number of hydrogen-bond acceptors (Lipinski definition) is 3. The second-order valence-electron chi connectivity index (χ2n) is 7.29. The zero-order valence-corrected chi connectivity index (χ0v) is 15.0. The summed E-state index contributed by atoms with van der Waals surface area (Å²) in [5, 5.41) is 25.7. The molecule has 3 aromatic rings. The standard InChI is InChI=1S/C22H24N2O2/c1-16-7-9-17(10-8-16)20-15-21(22(26)13-11-19(25)12-14-22)23-24(20)18-5-3-2-4-6-18/h2-10,15,19,25-26H,11-14H2,1H3. The van der Waals surface area contributed by atoms with E-state index >= 15 is 0 Å². The molecule has 0 saturated heterocycles. The van der Waals surface area contributed by atoms with Gasteiger partial charge in [0.25, 0.3) is 0 Å². The first kappa shape index (κ1) is 17.0. The van der Waals surface area contributed by atoms with Gasteiger partial charge in [0, 0.05) is 5.56 Å². The maximum atomic E-state index is 11.1. The normalized spacial score (nSPS) is 23.1. The summed E-state index contributed by atoms with van der Waals surface area (Å²) in [6, 6.07) is 20.3. The molecule has 0 radical (unpaired) electrons. The molecule has 0 amide bonds. The minimum absolute atomic E-state index is 0.317. The monoisotopic (exact) mass is 348 g/mol. The Morgan fingerprint density at radius 2 is 1.65 bits per heavy atom. The zero-order chi connectivity index (χ0) is 18.1. The van der Waals surface area contributed by atoms with Crippen molar-refractivity contribution in [3.63, 3.8) is 0 Å². The molecule has 0 bridgehead atoms. The van der Waals surface area contributed by atoms with Crippen molar-refractivity contribution in [2.24, 2.45) is 0 Å². The van der Waals surface area contributed by atoms with Gasteiger partial charge in [-0.25, -0.2) is 4.68 Å². The minimum atomic E-state index is -0.974. The van der Waals surface area contributed by atoms with Gasteiger partial charge in [0.15, 0.2) is 0 Å². The second kappa shape index (κ2) is 6.71. The van der Waals surface area contributed by atoms with E-state index in [9.17, 15) is 10.2 Å². The predicted octanol–water partition coefficient (Wildman–Crippen LogP) is 3.97. The van der Waals surface area contributed by atoms with Crippen LogP contribution < -0.4 is 0 Å². The molecule has 1 saturated carbocycles. The minimum Gasteiger partial charge on any atom is -0.393 e. The second-order valence-corrected chi connectivity index (χ2v) is 7.29. The Morgan fingerprint density at radius 1 is 1.00 bits per heavy atom. The summed E-state index contributed by atoms with van der Waals surface area (Å²) in [6.45, 7) is 2.07. The molecule has 0 spiro atoms. The highest BCUT2D eigenvalue weighted by atomic mass is 16.3. The molecule has 1 aromatic heterocycles. The highest BCUT2D eigenvalue weighted by molar-refractivity contribution is 5.63. The molecule has 1 fully saturated rings. The first-order valence-corrected chi connectivity index (χ1v) is 9.19. The summed E-state index contributed by atoms with van der Waals surface area (Å²) < 4.78 is 1.91. The number of hydrogen-bond donors (Lipinski definition) is 2. The molecule has 4 rings (SSSR count). The van der Waals surface area contributed by atoms with Gasteiger partial charge in [-0.15, -0.1) is 0 Å². The molecular weight excluding hydrogens is 324 g/mol. The lowest BCUT2D eigenvalue weighted by atomic mass is 9.81. The van der Waals surface area contributed by atoms with Gasteiger partial charge in [0.2, 0.25) is 0 Å². The molecule has 26 heavy (non-hydrogen) atoms. The highest BCUT2D eigenvalue weighted by Gasteiger charge is 2.37. The fourth-order valence-electron chi connectivity index (χ4n) is 3.64. The van der Waals surface area contributed by atoms with Crippen LogP contribution in [0.3, 0.4) is 0 Å². The Bertz CT molecular complexity index is 876. The van der Waals surface area contributed by atoms with Gasteiger partial charge < -0.3 is 10.2 Å². The van der Waals surface area contributed by atoms with Gasteiger partial charge in [-0.3, -0.25) is 0 Å². The van der Waals surface area contributed by atoms with Crippen molar-refractivity contribution in [3.8, 4) is 16.9 Å². The maximum Gasteiger partial charge on any atom is 0.109 e. The van der Waals surface area contributed by atoms with Crippen molar-refractivity contribution in [1.82, 2.24) is 9.78 Å². The number of nitrogens with zero attached hydrogens (tertiary/aromatic N) is 2. The molecule has 1 heterocycles. The lowest BCUT2D eigenvalue weighted by Gasteiger charge is -2.32. The quantitative estimate of drug-likeness (QED) is 0.753. The molecule has 2 N–H and O–H groups in total. The van der Waals surface area contributed by atoms with Crippen LogP contribution in [0.1, 0.15) is 36.9 Å². The number of para-hydroxylation sites is 1. The molecular formula is C22H24N2O2. The molecule has 0 atom stereocenters. The van der Waals surface area contributed by atoms with Gasteiger partial charge in [-0.2, -0.15) is 5.10 Å². The van der Waals surface area contributed by atoms with Crippen molar-refractivity contribution in [1.29, 1.82) is 0 Å². The van der Waals surface area contributed by atoms with Crippen LogP contribution in [-0.2, 0) is 5.60 Å². The van der Waals surface area contributed by atoms with E-state index in [1.54, 1.807) is 0 Å². The van der Waals surface area contributed by atoms with Crippen molar-refractivity contribution in [3.05, 3.63) is 71.9 Å². The van der Waals surface area contributed by atoms with E-state index in [0.717, 1.165) is 16.9 Å². The van der Waals surface area contributed by atoms with Gasteiger partial charge in [-0.1, -0.05) is 48.0 Å². The Hall–Kier alpha value is -2.43. The summed E-state index contributed by atoms with van der Waals surface area (Å²) in [5.41, 5.74) is 3.92. The number of benzene rings is 2. The molecule has 4 nitrogen and oxygen atoms in total. The van der Waals surface area contributed by atoms with Gasteiger partial charge in [-0.05, 0) is 50.8 Å². The SMILES string of the molecule is Cc1ccc(-c2cc(C3(O)CCC(O)CC3)nn2-c2ccccc2)cc1. The van der Waals surface area contributed by atoms with Gasteiger partial charge in [0.1, 0.15) is 5.60 Å². The van der Waals surface area contributed by atoms with Crippen LogP contribution in [-0.4, -0.2) is 26.1 Å². The molecule has 1 aliphatic rings. The average Bonchev–Trinajstić information content (AvgIpc) is 3.12. The van der Waals surface area contributed by atoms with E-state index in [4.69, 9.17) is 5.10 Å². The number of aryl methyl sites for hydroxylation is 1. The summed E-state index contributed by atoms with van der Waals surface area (Å²) in [6.07, 6.45) is 1.96. The lowest BCUT2D eigenvalue weighted by Crippen LogP contribution is -2.33. The number of aliphatic hydroxyl groups is 2. The van der Waals surface area contributed by atoms with Gasteiger partial charge >= 0.3 is 0 Å². The summed E-state index contributed by atoms with van der Waals surface area (Å²) >= 11 is 0. The van der Waals surface area contributed by atoms with E-state index in [2.05, 4.69) is 31.2 Å². The van der Waals surface area contributed by atoms with Crippen molar-refractivity contribution in [2.75, 3.05) is 0 Å². The third-order valence-corrected chi connectivity index (χ3v) is 5.32. The van der Waals surface area contributed by atoms with Crippen LogP contribution >= 0.6 is 0 Å². The van der Waals surface area contributed by atoms with E-state index in [-0.39, 0.29) is 6.10 Å². The van der Waals surface area contributed by atoms with Crippen LogP contribution in [0.2, 0.25) is 0 Å². The lowest BCUT2D eigenvalue weighted by molar-refractivity contribution is -0.0393. The summed E-state index contributed by atoms with van der Waals surface area (Å²) in [4.78, 5) is 0. The molecule has 0 unspecified atom stereocenters. The third kappa shape index (κ3) is 3.18. The van der Waals surface area contributed by atoms with E-state index in [1.165, 1.54) is 5.56 Å². The number of rotatable bonds is 3.